The van der Waals surface area contributed by atoms with E-state index in [1.54, 1.807) is 0 Å². The molecular weight excluding hydrogens is 94.0 g/mol. The average Bonchev–Trinajstić information content (AvgIpc) is 1.65. The van der Waals surface area contributed by atoms with Gasteiger partial charge in [-0.15, -0.1) is 0 Å². The Labute approximate surface area is 42.3 Å². The fraction of sp³-hybridized carbons (Fsp3) is 0.500. The van der Waals surface area contributed by atoms with E-state index in [1.165, 1.54) is 6.92 Å². The second-order valence-electron chi connectivity index (χ2n) is 1.26. The third kappa shape index (κ3) is 2.17. The molecule has 0 rings (SSSR count). The van der Waals surface area contributed by atoms with Gasteiger partial charge in [0, 0.05) is 7.05 Å². The van der Waals surface area contributed by atoms with E-state index in [0.717, 1.165) is 0 Å². The lowest BCUT2D eigenvalue weighted by molar-refractivity contribution is -0.138. The maximum atomic E-state index is 9.83. The molecule has 0 aromatic heterocycles. The van der Waals surface area contributed by atoms with Crippen LogP contribution in [0.3, 0.4) is 0 Å². The van der Waals surface area contributed by atoms with Gasteiger partial charge in [-0.05, 0) is 6.92 Å². The van der Waals surface area contributed by atoms with Crippen LogP contribution in [0.25, 0.3) is 0 Å². The highest BCUT2D eigenvalue weighted by atomic mass is 16.4. The van der Waals surface area contributed by atoms with E-state index in [-0.39, 0.29) is 0 Å². The summed E-state index contributed by atoms with van der Waals surface area (Å²) >= 11 is 0. The Morgan fingerprint density at radius 1 is 2.00 bits per heavy atom. The topological polar surface area (TPSA) is 49.3 Å². The van der Waals surface area contributed by atoms with Crippen LogP contribution in [-0.4, -0.2) is 17.1 Å². The first-order valence-electron chi connectivity index (χ1n) is 1.94. The Morgan fingerprint density at radius 3 is 2.43 bits per heavy atom. The number of carbonyl (C=O) groups is 1. The van der Waals surface area contributed by atoms with Gasteiger partial charge in [-0.3, -0.25) is 4.79 Å². The Morgan fingerprint density at radius 2 is 2.43 bits per heavy atom. The van der Waals surface area contributed by atoms with Gasteiger partial charge < -0.3 is 10.4 Å². The molecule has 0 saturated heterocycles. The highest BCUT2D eigenvalue weighted by Gasteiger charge is 2.04. The second kappa shape index (κ2) is 2.58. The molecule has 0 aromatic rings. The minimum absolute atomic E-state index is 0.542. The quantitative estimate of drug-likeness (QED) is 0.509. The van der Waals surface area contributed by atoms with Crippen LogP contribution in [0.4, 0.5) is 0 Å². The molecule has 1 atom stereocenters. The summed E-state index contributed by atoms with van der Waals surface area (Å²) in [6.45, 7) is 1.52. The minimum Gasteiger partial charge on any atom is -0.480 e. The number of rotatable bonds is 2. The van der Waals surface area contributed by atoms with Crippen molar-refractivity contribution in [2.75, 3.05) is 0 Å². The van der Waals surface area contributed by atoms with Gasteiger partial charge in [0.25, 0.3) is 0 Å². The summed E-state index contributed by atoms with van der Waals surface area (Å²) in [6.07, 6.45) is 0. The molecule has 0 aliphatic rings. The smallest absolute Gasteiger partial charge is 0.320 e. The zero-order valence-electron chi connectivity index (χ0n) is 4.14. The summed E-state index contributed by atoms with van der Waals surface area (Å²) in [7, 11) is 3.18. The van der Waals surface area contributed by atoms with E-state index in [9.17, 15) is 4.79 Å². The number of nitrogens with one attached hydrogen (secondary N) is 1. The third-order valence-corrected chi connectivity index (χ3v) is 0.677. The van der Waals surface area contributed by atoms with E-state index >= 15 is 0 Å². The van der Waals surface area contributed by atoms with Gasteiger partial charge in [-0.25, -0.2) is 0 Å². The Bertz CT molecular complexity index is 72.1. The summed E-state index contributed by atoms with van der Waals surface area (Å²) in [5, 5.41) is 10.4. The number of hydrogen-bond acceptors (Lipinski definition) is 2. The predicted molar refractivity (Wildman–Crippen MR) is 25.6 cm³/mol. The van der Waals surface area contributed by atoms with Crippen molar-refractivity contribution in [3.63, 3.8) is 0 Å². The first-order valence-corrected chi connectivity index (χ1v) is 1.94. The van der Waals surface area contributed by atoms with Gasteiger partial charge in [0.15, 0.2) is 0 Å². The van der Waals surface area contributed by atoms with Gasteiger partial charge >= 0.3 is 5.97 Å². The number of hydrogen-bond donors (Lipinski definition) is 2. The molecule has 0 spiro atoms. The van der Waals surface area contributed by atoms with Crippen molar-refractivity contribution < 1.29 is 9.90 Å². The molecule has 1 radical (unpaired) electrons. The monoisotopic (exact) mass is 102 g/mol. The molecule has 2 N–H and O–H groups in total. The molecule has 0 amide bonds. The normalized spacial score (nSPS) is 13.4. The van der Waals surface area contributed by atoms with Crippen molar-refractivity contribution in [2.45, 2.75) is 13.0 Å². The molecule has 0 saturated carbocycles. The van der Waals surface area contributed by atoms with Crippen molar-refractivity contribution in [3.05, 3.63) is 7.05 Å². The van der Waals surface area contributed by atoms with E-state index in [4.69, 9.17) is 5.11 Å². The standard InChI is InChI=1S/C4H8NO2/c1-3(5-2)4(6)7/h3,5H,2H2,1H3,(H,6,7)/t3-/m0/s1. The van der Waals surface area contributed by atoms with E-state index < -0.39 is 12.0 Å². The molecule has 0 aliphatic heterocycles. The first kappa shape index (κ1) is 6.43. The number of aliphatic carboxylic acids is 1. The van der Waals surface area contributed by atoms with Gasteiger partial charge in [0.1, 0.15) is 6.04 Å². The number of carboxylic acids is 1. The molecule has 0 heterocycles. The second-order valence-corrected chi connectivity index (χ2v) is 1.26. The fourth-order valence-corrected chi connectivity index (χ4v) is 0.0873. The molecule has 0 fully saturated rings. The molecular formula is C4H8NO2. The lowest BCUT2D eigenvalue weighted by atomic mass is 10.4. The van der Waals surface area contributed by atoms with E-state index in [2.05, 4.69) is 12.4 Å². The molecule has 0 aromatic carbocycles. The zero-order valence-corrected chi connectivity index (χ0v) is 4.14. The summed E-state index contributed by atoms with van der Waals surface area (Å²) in [5.74, 6) is -0.880. The third-order valence-electron chi connectivity index (χ3n) is 0.677. The highest BCUT2D eigenvalue weighted by molar-refractivity contribution is 5.72. The Balaban J connectivity index is 3.34. The molecule has 41 valence electrons. The van der Waals surface area contributed by atoms with E-state index in [1.807, 2.05) is 0 Å². The summed E-state index contributed by atoms with van der Waals surface area (Å²) < 4.78 is 0. The van der Waals surface area contributed by atoms with Gasteiger partial charge in [-0.2, -0.15) is 0 Å². The molecule has 3 nitrogen and oxygen atoms in total. The molecule has 0 unspecified atom stereocenters. The Hall–Kier alpha value is -0.570. The fourth-order valence-electron chi connectivity index (χ4n) is 0.0873. The van der Waals surface area contributed by atoms with Gasteiger partial charge in [0.2, 0.25) is 0 Å². The van der Waals surface area contributed by atoms with Crippen LogP contribution in [0.15, 0.2) is 0 Å². The highest BCUT2D eigenvalue weighted by Crippen LogP contribution is 1.75. The van der Waals surface area contributed by atoms with Crippen molar-refractivity contribution in [2.24, 2.45) is 0 Å². The van der Waals surface area contributed by atoms with Gasteiger partial charge in [-0.1, -0.05) is 0 Å². The van der Waals surface area contributed by atoms with Crippen LogP contribution < -0.4 is 5.32 Å². The van der Waals surface area contributed by atoms with Crippen molar-refractivity contribution in [1.29, 1.82) is 0 Å². The van der Waals surface area contributed by atoms with Gasteiger partial charge in [0.05, 0.1) is 0 Å². The summed E-state index contributed by atoms with van der Waals surface area (Å²) in [4.78, 5) is 9.83. The average molecular weight is 102 g/mol. The molecule has 3 heteroatoms. The van der Waals surface area contributed by atoms with Crippen LogP contribution in [-0.2, 0) is 4.79 Å². The SMILES string of the molecule is [CH2]N[C@@H](C)C(=O)O. The molecule has 0 aliphatic carbocycles. The Kier molecular flexibility index (Phi) is 2.37. The zero-order chi connectivity index (χ0) is 5.86. The van der Waals surface area contributed by atoms with Crippen LogP contribution >= 0.6 is 0 Å². The first-order chi connectivity index (χ1) is 3.18. The lowest BCUT2D eigenvalue weighted by Gasteiger charge is -1.99. The molecule has 0 bridgehead atoms. The van der Waals surface area contributed by atoms with Crippen molar-refractivity contribution >= 4 is 5.97 Å². The number of carboxylic acid groups (broad SMARTS) is 1. The van der Waals surface area contributed by atoms with Crippen LogP contribution in [0.5, 0.6) is 0 Å². The largest absolute Gasteiger partial charge is 0.480 e. The maximum Gasteiger partial charge on any atom is 0.320 e. The van der Waals surface area contributed by atoms with Crippen LogP contribution in [0, 0.1) is 7.05 Å². The summed E-state index contributed by atoms with van der Waals surface area (Å²) in [5.41, 5.74) is 0. The maximum absolute atomic E-state index is 9.83. The lowest BCUT2D eigenvalue weighted by Crippen LogP contribution is -2.28. The minimum atomic E-state index is -0.880. The summed E-state index contributed by atoms with van der Waals surface area (Å²) in [6, 6.07) is -0.542. The predicted octanol–water partition coefficient (Wildman–Crippen LogP) is -0.159. The van der Waals surface area contributed by atoms with Crippen molar-refractivity contribution in [3.8, 4) is 0 Å². The van der Waals surface area contributed by atoms with Crippen LogP contribution in [0.1, 0.15) is 6.92 Å². The van der Waals surface area contributed by atoms with Crippen molar-refractivity contribution in [1.82, 2.24) is 5.32 Å². The molecule has 7 heavy (non-hydrogen) atoms. The van der Waals surface area contributed by atoms with E-state index in [0.29, 0.717) is 0 Å². The van der Waals surface area contributed by atoms with Crippen LogP contribution in [0.2, 0.25) is 0 Å².